The summed E-state index contributed by atoms with van der Waals surface area (Å²) >= 11 is 3.46. The maximum Gasteiger partial charge on any atom is 0.0704 e. The first kappa shape index (κ1) is 11.7. The van der Waals surface area contributed by atoms with Gasteiger partial charge < -0.3 is 10.8 Å². The van der Waals surface area contributed by atoms with Crippen LogP contribution in [0.25, 0.3) is 0 Å². The third-order valence-electron chi connectivity index (χ3n) is 2.43. The van der Waals surface area contributed by atoms with Crippen LogP contribution in [0.1, 0.15) is 29.7 Å². The van der Waals surface area contributed by atoms with E-state index in [1.165, 1.54) is 0 Å². The smallest absolute Gasteiger partial charge is 0.0704 e. The van der Waals surface area contributed by atoms with Gasteiger partial charge in [-0.15, -0.1) is 0 Å². The number of hydrogen-bond donors (Lipinski definition) is 2. The van der Waals surface area contributed by atoms with Gasteiger partial charge in [-0.1, -0.05) is 22.0 Å². The standard InChI is InChI=1S/C11H16BrNO/c1-6-5-10(12)7(2)4-9(6)11(13)8(3)14/h4-5,8,11,14H,13H2,1-3H3/t8-,11-/m0/s1. The highest BCUT2D eigenvalue weighted by Crippen LogP contribution is 2.25. The van der Waals surface area contributed by atoms with Crippen LogP contribution in [0.15, 0.2) is 16.6 Å². The first-order chi connectivity index (χ1) is 6.43. The number of nitrogens with two attached hydrogens (primary N) is 1. The molecule has 3 heteroatoms. The molecule has 0 saturated heterocycles. The molecule has 78 valence electrons. The Morgan fingerprint density at radius 1 is 1.29 bits per heavy atom. The van der Waals surface area contributed by atoms with Crippen molar-refractivity contribution in [1.29, 1.82) is 0 Å². The van der Waals surface area contributed by atoms with Gasteiger partial charge in [-0.25, -0.2) is 0 Å². The van der Waals surface area contributed by atoms with Crippen molar-refractivity contribution in [2.24, 2.45) is 5.73 Å². The summed E-state index contributed by atoms with van der Waals surface area (Å²) in [7, 11) is 0. The van der Waals surface area contributed by atoms with Crippen LogP contribution in [0.5, 0.6) is 0 Å². The summed E-state index contributed by atoms with van der Waals surface area (Å²) in [5.74, 6) is 0. The number of aliphatic hydroxyl groups is 1. The molecule has 0 saturated carbocycles. The van der Waals surface area contributed by atoms with Gasteiger partial charge >= 0.3 is 0 Å². The monoisotopic (exact) mass is 257 g/mol. The summed E-state index contributed by atoms with van der Waals surface area (Å²) in [6, 6.07) is 3.76. The van der Waals surface area contributed by atoms with Crippen molar-refractivity contribution >= 4 is 15.9 Å². The molecular weight excluding hydrogens is 242 g/mol. The largest absolute Gasteiger partial charge is 0.391 e. The molecule has 2 atom stereocenters. The Balaban J connectivity index is 3.15. The number of aliphatic hydroxyl groups excluding tert-OH is 1. The fourth-order valence-corrected chi connectivity index (χ4v) is 1.88. The molecule has 2 nitrogen and oxygen atoms in total. The van der Waals surface area contributed by atoms with Gasteiger partial charge in [0, 0.05) is 4.47 Å². The topological polar surface area (TPSA) is 46.2 Å². The number of rotatable bonds is 2. The maximum absolute atomic E-state index is 9.42. The predicted molar refractivity (Wildman–Crippen MR) is 62.2 cm³/mol. The lowest BCUT2D eigenvalue weighted by Crippen LogP contribution is -2.24. The van der Waals surface area contributed by atoms with Crippen LogP contribution in [0.3, 0.4) is 0 Å². The summed E-state index contributed by atoms with van der Waals surface area (Å²) in [5.41, 5.74) is 9.15. The van der Waals surface area contributed by atoms with Gasteiger partial charge in [0.25, 0.3) is 0 Å². The van der Waals surface area contributed by atoms with Gasteiger partial charge in [0.05, 0.1) is 12.1 Å². The first-order valence-corrected chi connectivity index (χ1v) is 5.43. The molecule has 0 heterocycles. The number of aryl methyl sites for hydroxylation is 2. The molecule has 3 N–H and O–H groups in total. The van der Waals surface area contributed by atoms with E-state index in [0.717, 1.165) is 21.2 Å². The van der Waals surface area contributed by atoms with Gasteiger partial charge in [0.15, 0.2) is 0 Å². The van der Waals surface area contributed by atoms with Crippen LogP contribution in [-0.2, 0) is 0 Å². The minimum absolute atomic E-state index is 0.304. The van der Waals surface area contributed by atoms with Gasteiger partial charge in [-0.2, -0.15) is 0 Å². The Hall–Kier alpha value is -0.380. The van der Waals surface area contributed by atoms with Crippen molar-refractivity contribution in [3.8, 4) is 0 Å². The molecule has 0 radical (unpaired) electrons. The van der Waals surface area contributed by atoms with Gasteiger partial charge in [0.1, 0.15) is 0 Å². The van der Waals surface area contributed by atoms with Crippen molar-refractivity contribution in [3.63, 3.8) is 0 Å². The molecule has 1 rings (SSSR count). The van der Waals surface area contributed by atoms with Crippen LogP contribution in [-0.4, -0.2) is 11.2 Å². The second kappa shape index (κ2) is 4.43. The zero-order valence-corrected chi connectivity index (χ0v) is 10.3. The van der Waals surface area contributed by atoms with Crippen LogP contribution >= 0.6 is 15.9 Å². The zero-order valence-electron chi connectivity index (χ0n) is 8.71. The minimum Gasteiger partial charge on any atom is -0.391 e. The Morgan fingerprint density at radius 3 is 2.36 bits per heavy atom. The SMILES string of the molecule is Cc1cc([C@@H](N)[C@H](C)O)c(C)cc1Br. The van der Waals surface area contributed by atoms with E-state index in [1.54, 1.807) is 6.92 Å². The van der Waals surface area contributed by atoms with Crippen LogP contribution in [0.2, 0.25) is 0 Å². The van der Waals surface area contributed by atoms with Gasteiger partial charge in [-0.05, 0) is 43.5 Å². The normalized spacial score (nSPS) is 15.3. The molecule has 0 aliphatic heterocycles. The molecule has 0 unspecified atom stereocenters. The highest BCUT2D eigenvalue weighted by atomic mass is 79.9. The molecule has 1 aromatic rings. The van der Waals surface area contributed by atoms with Gasteiger partial charge in [0.2, 0.25) is 0 Å². The Kier molecular flexibility index (Phi) is 3.70. The van der Waals surface area contributed by atoms with Crippen molar-refractivity contribution in [1.82, 2.24) is 0 Å². The quantitative estimate of drug-likeness (QED) is 0.855. The van der Waals surface area contributed by atoms with E-state index >= 15 is 0 Å². The lowest BCUT2D eigenvalue weighted by Gasteiger charge is -2.18. The van der Waals surface area contributed by atoms with Gasteiger partial charge in [-0.3, -0.25) is 0 Å². The average Bonchev–Trinajstić information content (AvgIpc) is 2.10. The molecule has 0 spiro atoms. The number of benzene rings is 1. The van der Waals surface area contributed by atoms with Crippen molar-refractivity contribution in [3.05, 3.63) is 33.3 Å². The third kappa shape index (κ3) is 2.35. The molecule has 0 fully saturated rings. The Labute approximate surface area is 93.3 Å². The highest BCUT2D eigenvalue weighted by molar-refractivity contribution is 9.10. The fourth-order valence-electron chi connectivity index (χ4n) is 1.42. The van der Waals surface area contributed by atoms with Crippen LogP contribution < -0.4 is 5.73 Å². The summed E-state index contributed by atoms with van der Waals surface area (Å²) in [6.45, 7) is 5.73. The van der Waals surface area contributed by atoms with E-state index in [-0.39, 0.29) is 6.04 Å². The average molecular weight is 258 g/mol. The van der Waals surface area contributed by atoms with E-state index in [9.17, 15) is 5.11 Å². The first-order valence-electron chi connectivity index (χ1n) is 4.63. The molecule has 0 aliphatic rings. The lowest BCUT2D eigenvalue weighted by atomic mass is 9.96. The lowest BCUT2D eigenvalue weighted by molar-refractivity contribution is 0.164. The van der Waals surface area contributed by atoms with E-state index < -0.39 is 6.10 Å². The van der Waals surface area contributed by atoms with E-state index in [0.29, 0.717) is 0 Å². The second-order valence-electron chi connectivity index (χ2n) is 3.72. The van der Waals surface area contributed by atoms with Crippen molar-refractivity contribution < 1.29 is 5.11 Å². The molecule has 0 bridgehead atoms. The third-order valence-corrected chi connectivity index (χ3v) is 3.28. The minimum atomic E-state index is -0.519. The second-order valence-corrected chi connectivity index (χ2v) is 4.58. The summed E-state index contributed by atoms with van der Waals surface area (Å²) in [6.07, 6.45) is -0.519. The molecule has 1 aromatic carbocycles. The molecule has 14 heavy (non-hydrogen) atoms. The predicted octanol–water partition coefficient (Wildman–Crippen LogP) is 2.45. The van der Waals surface area contributed by atoms with Crippen LogP contribution in [0.4, 0.5) is 0 Å². The summed E-state index contributed by atoms with van der Waals surface area (Å²) in [5, 5.41) is 9.42. The molecule has 0 aliphatic carbocycles. The Morgan fingerprint density at radius 2 is 1.86 bits per heavy atom. The van der Waals surface area contributed by atoms with Crippen molar-refractivity contribution in [2.45, 2.75) is 32.9 Å². The number of hydrogen-bond acceptors (Lipinski definition) is 2. The summed E-state index contributed by atoms with van der Waals surface area (Å²) < 4.78 is 1.08. The van der Waals surface area contributed by atoms with E-state index in [1.807, 2.05) is 26.0 Å². The molecular formula is C11H16BrNO. The van der Waals surface area contributed by atoms with E-state index in [4.69, 9.17) is 5.73 Å². The van der Waals surface area contributed by atoms with E-state index in [2.05, 4.69) is 15.9 Å². The number of halogens is 1. The molecule has 0 amide bonds. The maximum atomic E-state index is 9.42. The highest BCUT2D eigenvalue weighted by Gasteiger charge is 2.15. The fraction of sp³-hybridized carbons (Fsp3) is 0.455. The zero-order chi connectivity index (χ0) is 10.9. The summed E-state index contributed by atoms with van der Waals surface area (Å²) in [4.78, 5) is 0. The molecule has 0 aromatic heterocycles. The van der Waals surface area contributed by atoms with Crippen molar-refractivity contribution in [2.75, 3.05) is 0 Å². The van der Waals surface area contributed by atoms with Crippen LogP contribution in [0, 0.1) is 13.8 Å². The Bertz CT molecular complexity index is 336.